The first kappa shape index (κ1) is 21.2. The van der Waals surface area contributed by atoms with E-state index in [0.717, 1.165) is 16.1 Å². The molecule has 2 aromatic rings. The van der Waals surface area contributed by atoms with E-state index >= 15 is 0 Å². The summed E-state index contributed by atoms with van der Waals surface area (Å²) in [6.07, 6.45) is 1.08. The highest BCUT2D eigenvalue weighted by molar-refractivity contribution is 7.98. The minimum atomic E-state index is -3.59. The van der Waals surface area contributed by atoms with E-state index in [1.165, 1.54) is 17.8 Å². The molecule has 5 nitrogen and oxygen atoms in total. The molecule has 0 aromatic heterocycles. The zero-order valence-electron chi connectivity index (χ0n) is 15.3. The molecule has 2 aromatic carbocycles. The molecule has 0 aliphatic rings. The lowest BCUT2D eigenvalue weighted by molar-refractivity contribution is -0.119. The number of rotatable bonds is 9. The summed E-state index contributed by atoms with van der Waals surface area (Å²) >= 11 is 1.50. The number of sulfonamides is 1. The van der Waals surface area contributed by atoms with Crippen molar-refractivity contribution in [2.75, 3.05) is 29.4 Å². The minimum absolute atomic E-state index is 0.240. The molecule has 0 radical (unpaired) electrons. The lowest BCUT2D eigenvalue weighted by Gasteiger charge is -2.23. The van der Waals surface area contributed by atoms with Gasteiger partial charge >= 0.3 is 0 Å². The van der Waals surface area contributed by atoms with Gasteiger partial charge in [-0.3, -0.25) is 9.10 Å². The number of benzene rings is 2. The Morgan fingerprint density at radius 2 is 1.81 bits per heavy atom. The molecule has 0 heterocycles. The molecule has 2 rings (SSSR count). The molecule has 0 aliphatic heterocycles. The quantitative estimate of drug-likeness (QED) is 0.646. The van der Waals surface area contributed by atoms with Gasteiger partial charge in [-0.15, -0.1) is 0 Å². The van der Waals surface area contributed by atoms with Gasteiger partial charge in [0.2, 0.25) is 15.9 Å². The van der Waals surface area contributed by atoms with Gasteiger partial charge in [0.05, 0.1) is 11.9 Å². The third-order valence-corrected chi connectivity index (χ3v) is 5.99. The van der Waals surface area contributed by atoms with E-state index in [1.807, 2.05) is 6.07 Å². The standard InChI is InChI=1S/C19H23FN2O3S2/c1-15-7-3-6-10-18(15)22(27(2,24)25)13-19(23)21-11-12-26-14-16-8-4-5-9-17(16)20/h3-10H,11-14H2,1-2H3,(H,21,23). The van der Waals surface area contributed by atoms with Crippen LogP contribution in [0.2, 0.25) is 0 Å². The molecular formula is C19H23FN2O3S2. The Kier molecular flexibility index (Phi) is 7.67. The maximum absolute atomic E-state index is 13.5. The molecule has 146 valence electrons. The van der Waals surface area contributed by atoms with Crippen molar-refractivity contribution in [3.8, 4) is 0 Å². The van der Waals surface area contributed by atoms with Crippen LogP contribution >= 0.6 is 11.8 Å². The van der Waals surface area contributed by atoms with Gasteiger partial charge in [0, 0.05) is 18.1 Å². The van der Waals surface area contributed by atoms with Crippen LogP contribution in [0.5, 0.6) is 0 Å². The molecule has 0 unspecified atom stereocenters. The molecule has 1 amide bonds. The van der Waals surface area contributed by atoms with E-state index in [0.29, 0.717) is 29.3 Å². The number of nitrogens with zero attached hydrogens (tertiary/aromatic N) is 1. The fourth-order valence-electron chi connectivity index (χ4n) is 2.47. The van der Waals surface area contributed by atoms with Crippen LogP contribution in [0, 0.1) is 12.7 Å². The van der Waals surface area contributed by atoms with E-state index in [9.17, 15) is 17.6 Å². The number of amides is 1. The molecule has 0 fully saturated rings. The number of hydrogen-bond donors (Lipinski definition) is 1. The Morgan fingerprint density at radius 1 is 1.15 bits per heavy atom. The zero-order chi connectivity index (χ0) is 19.9. The van der Waals surface area contributed by atoms with Gasteiger partial charge in [-0.05, 0) is 30.2 Å². The lowest BCUT2D eigenvalue weighted by atomic mass is 10.2. The second-order valence-corrected chi connectivity index (χ2v) is 9.06. The normalized spacial score (nSPS) is 11.2. The molecule has 0 atom stereocenters. The Hall–Kier alpha value is -2.06. The summed E-state index contributed by atoms with van der Waals surface area (Å²) in [6, 6.07) is 13.6. The number of nitrogens with one attached hydrogen (secondary N) is 1. The predicted molar refractivity (Wildman–Crippen MR) is 109 cm³/mol. The first-order valence-corrected chi connectivity index (χ1v) is 11.4. The highest BCUT2D eigenvalue weighted by atomic mass is 32.2. The third-order valence-electron chi connectivity index (χ3n) is 3.86. The number of aryl methyl sites for hydroxylation is 1. The maximum atomic E-state index is 13.5. The van der Waals surface area contributed by atoms with Crippen molar-refractivity contribution in [2.24, 2.45) is 0 Å². The third kappa shape index (κ3) is 6.55. The number of thioether (sulfide) groups is 1. The lowest BCUT2D eigenvalue weighted by Crippen LogP contribution is -2.41. The topological polar surface area (TPSA) is 66.5 Å². The maximum Gasteiger partial charge on any atom is 0.240 e. The van der Waals surface area contributed by atoms with Crippen LogP contribution in [0.15, 0.2) is 48.5 Å². The Morgan fingerprint density at radius 3 is 2.48 bits per heavy atom. The van der Waals surface area contributed by atoms with E-state index in [1.54, 1.807) is 43.3 Å². The number of halogens is 1. The van der Waals surface area contributed by atoms with Crippen LogP contribution in [-0.2, 0) is 20.6 Å². The summed E-state index contributed by atoms with van der Waals surface area (Å²) in [5.41, 5.74) is 1.89. The summed E-state index contributed by atoms with van der Waals surface area (Å²) in [5, 5.41) is 2.72. The fraction of sp³-hybridized carbons (Fsp3) is 0.316. The highest BCUT2D eigenvalue weighted by Crippen LogP contribution is 2.21. The first-order chi connectivity index (χ1) is 12.8. The molecule has 1 N–H and O–H groups in total. The predicted octanol–water partition coefficient (Wildman–Crippen LogP) is 2.95. The van der Waals surface area contributed by atoms with E-state index < -0.39 is 10.0 Å². The Labute approximate surface area is 164 Å². The monoisotopic (exact) mass is 410 g/mol. The summed E-state index contributed by atoms with van der Waals surface area (Å²) < 4.78 is 38.8. The van der Waals surface area contributed by atoms with Crippen molar-refractivity contribution in [3.63, 3.8) is 0 Å². The van der Waals surface area contributed by atoms with Crippen LogP contribution in [0.1, 0.15) is 11.1 Å². The van der Waals surface area contributed by atoms with Crippen molar-refractivity contribution in [3.05, 3.63) is 65.5 Å². The fourth-order valence-corrected chi connectivity index (χ4v) is 4.23. The molecule has 0 saturated carbocycles. The summed E-state index contributed by atoms with van der Waals surface area (Å²) in [6.45, 7) is 1.90. The number of carbonyl (C=O) groups is 1. The second kappa shape index (κ2) is 9.75. The summed E-state index contributed by atoms with van der Waals surface area (Å²) in [5.74, 6) is 0.496. The van der Waals surface area contributed by atoms with Crippen LogP contribution in [0.4, 0.5) is 10.1 Å². The number of hydrogen-bond acceptors (Lipinski definition) is 4. The van der Waals surface area contributed by atoms with E-state index in [4.69, 9.17) is 0 Å². The largest absolute Gasteiger partial charge is 0.354 e. The van der Waals surface area contributed by atoms with Crippen LogP contribution in [0.3, 0.4) is 0 Å². The summed E-state index contributed by atoms with van der Waals surface area (Å²) in [7, 11) is -3.59. The van der Waals surface area contributed by atoms with Gasteiger partial charge < -0.3 is 5.32 Å². The van der Waals surface area contributed by atoms with Crippen LogP contribution < -0.4 is 9.62 Å². The van der Waals surface area contributed by atoms with Crippen LogP contribution in [0.25, 0.3) is 0 Å². The van der Waals surface area contributed by atoms with Crippen molar-refractivity contribution >= 4 is 33.4 Å². The van der Waals surface area contributed by atoms with E-state index in [-0.39, 0.29) is 18.3 Å². The van der Waals surface area contributed by atoms with Crippen molar-refractivity contribution in [1.82, 2.24) is 5.32 Å². The minimum Gasteiger partial charge on any atom is -0.354 e. The highest BCUT2D eigenvalue weighted by Gasteiger charge is 2.21. The smallest absolute Gasteiger partial charge is 0.240 e. The second-order valence-electron chi connectivity index (χ2n) is 6.05. The van der Waals surface area contributed by atoms with Gasteiger partial charge in [-0.1, -0.05) is 36.4 Å². The number of carbonyl (C=O) groups excluding carboxylic acids is 1. The van der Waals surface area contributed by atoms with Crippen molar-refractivity contribution < 1.29 is 17.6 Å². The first-order valence-electron chi connectivity index (χ1n) is 8.40. The van der Waals surface area contributed by atoms with Crippen molar-refractivity contribution in [2.45, 2.75) is 12.7 Å². The van der Waals surface area contributed by atoms with Gasteiger partial charge in [0.15, 0.2) is 0 Å². The average Bonchev–Trinajstić information content (AvgIpc) is 2.61. The van der Waals surface area contributed by atoms with Crippen molar-refractivity contribution in [1.29, 1.82) is 0 Å². The molecule has 8 heteroatoms. The Bertz CT molecular complexity index is 888. The van der Waals surface area contributed by atoms with Crippen LogP contribution in [-0.4, -0.2) is 39.4 Å². The summed E-state index contributed by atoms with van der Waals surface area (Å²) in [4.78, 5) is 12.2. The number of para-hydroxylation sites is 1. The SMILES string of the molecule is Cc1ccccc1N(CC(=O)NCCSCc1ccccc1F)S(C)(=O)=O. The van der Waals surface area contributed by atoms with Gasteiger partial charge in [-0.25, -0.2) is 12.8 Å². The number of anilines is 1. The Balaban J connectivity index is 1.84. The molecule has 27 heavy (non-hydrogen) atoms. The molecule has 0 spiro atoms. The molecule has 0 aliphatic carbocycles. The molecule has 0 bridgehead atoms. The molecular weight excluding hydrogens is 387 g/mol. The van der Waals surface area contributed by atoms with Gasteiger partial charge in [0.25, 0.3) is 0 Å². The van der Waals surface area contributed by atoms with E-state index in [2.05, 4.69) is 5.32 Å². The zero-order valence-corrected chi connectivity index (χ0v) is 16.9. The average molecular weight is 411 g/mol. The van der Waals surface area contributed by atoms with Gasteiger partial charge in [0.1, 0.15) is 12.4 Å². The molecule has 0 saturated heterocycles. The van der Waals surface area contributed by atoms with Gasteiger partial charge in [-0.2, -0.15) is 11.8 Å².